The predicted molar refractivity (Wildman–Crippen MR) is 53.4 cm³/mol. The number of halogens is 3. The summed E-state index contributed by atoms with van der Waals surface area (Å²) in [5.41, 5.74) is 5.59. The van der Waals surface area contributed by atoms with Crippen molar-refractivity contribution in [2.24, 2.45) is 5.73 Å². The van der Waals surface area contributed by atoms with Crippen LogP contribution in [0.5, 0.6) is 0 Å². The van der Waals surface area contributed by atoms with Crippen LogP contribution in [-0.2, 0) is 11.2 Å². The van der Waals surface area contributed by atoms with Crippen LogP contribution in [0, 0.1) is 11.6 Å². The Bertz CT molecular complexity index is 398. The normalized spacial score (nSPS) is 12.5. The number of aliphatic carboxylic acids is 1. The third-order valence-electron chi connectivity index (χ3n) is 1.87. The van der Waals surface area contributed by atoms with Gasteiger partial charge in [0.15, 0.2) is 11.6 Å². The number of hydrogen-bond donors (Lipinski definition) is 2. The third kappa shape index (κ3) is 2.73. The Morgan fingerprint density at radius 2 is 2.13 bits per heavy atom. The summed E-state index contributed by atoms with van der Waals surface area (Å²) in [5.74, 6) is -3.22. The quantitative estimate of drug-likeness (QED) is 0.828. The number of nitrogens with two attached hydrogens (primary N) is 1. The van der Waals surface area contributed by atoms with Crippen LogP contribution < -0.4 is 5.73 Å². The average molecular weight is 280 g/mol. The molecule has 0 spiro atoms. The van der Waals surface area contributed by atoms with Gasteiger partial charge in [-0.25, -0.2) is 8.78 Å². The lowest BCUT2D eigenvalue weighted by molar-refractivity contribution is -0.138. The fraction of sp³-hybridized carbons (Fsp3) is 0.222. The molecule has 0 amide bonds. The second-order valence-corrected chi connectivity index (χ2v) is 3.78. The molecule has 82 valence electrons. The van der Waals surface area contributed by atoms with Gasteiger partial charge in [0.1, 0.15) is 6.04 Å². The third-order valence-corrected chi connectivity index (χ3v) is 2.73. The molecule has 0 aliphatic carbocycles. The summed E-state index contributed by atoms with van der Waals surface area (Å²) in [6, 6.07) is 1.10. The first-order valence-electron chi connectivity index (χ1n) is 4.04. The molecule has 0 bridgehead atoms. The smallest absolute Gasteiger partial charge is 0.320 e. The molecule has 0 aliphatic rings. The van der Waals surface area contributed by atoms with Crippen molar-refractivity contribution in [3.8, 4) is 0 Å². The van der Waals surface area contributed by atoms with Crippen LogP contribution in [0.3, 0.4) is 0 Å². The predicted octanol–water partition coefficient (Wildman–Crippen LogP) is 1.68. The highest BCUT2D eigenvalue weighted by molar-refractivity contribution is 9.10. The lowest BCUT2D eigenvalue weighted by Gasteiger charge is -2.09. The highest BCUT2D eigenvalue weighted by Gasteiger charge is 2.17. The molecule has 6 heteroatoms. The summed E-state index contributed by atoms with van der Waals surface area (Å²) >= 11 is 2.85. The molecule has 1 unspecified atom stereocenters. The van der Waals surface area contributed by atoms with E-state index in [9.17, 15) is 13.6 Å². The molecule has 0 fully saturated rings. The van der Waals surface area contributed by atoms with E-state index in [1.807, 2.05) is 0 Å². The largest absolute Gasteiger partial charge is 0.480 e. The zero-order chi connectivity index (χ0) is 11.6. The summed E-state index contributed by atoms with van der Waals surface area (Å²) in [5, 5.41) is 8.55. The lowest BCUT2D eigenvalue weighted by Crippen LogP contribution is -2.32. The van der Waals surface area contributed by atoms with E-state index < -0.39 is 23.6 Å². The minimum absolute atomic E-state index is 0.0624. The number of rotatable bonds is 3. The molecule has 3 nitrogen and oxygen atoms in total. The van der Waals surface area contributed by atoms with E-state index in [1.165, 1.54) is 6.07 Å². The van der Waals surface area contributed by atoms with Gasteiger partial charge in [-0.15, -0.1) is 0 Å². The molecule has 3 N–H and O–H groups in total. The minimum atomic E-state index is -1.19. The van der Waals surface area contributed by atoms with Gasteiger partial charge in [-0.05, 0) is 34.0 Å². The Hall–Kier alpha value is -1.01. The number of benzene rings is 1. The summed E-state index contributed by atoms with van der Waals surface area (Å²) in [7, 11) is 0. The molecular formula is C9H8BrF2NO2. The Labute approximate surface area is 93.0 Å². The maximum Gasteiger partial charge on any atom is 0.320 e. The van der Waals surface area contributed by atoms with Crippen LogP contribution in [0.2, 0.25) is 0 Å². The topological polar surface area (TPSA) is 63.3 Å². The molecule has 1 rings (SSSR count). The van der Waals surface area contributed by atoms with E-state index in [0.29, 0.717) is 5.56 Å². The summed E-state index contributed by atoms with van der Waals surface area (Å²) in [6.45, 7) is 0. The Morgan fingerprint density at radius 3 is 2.67 bits per heavy atom. The van der Waals surface area contributed by atoms with Gasteiger partial charge in [-0.2, -0.15) is 0 Å². The molecule has 0 aromatic heterocycles. The van der Waals surface area contributed by atoms with Crippen molar-refractivity contribution in [3.05, 3.63) is 33.8 Å². The van der Waals surface area contributed by atoms with Crippen LogP contribution in [0.4, 0.5) is 8.78 Å². The van der Waals surface area contributed by atoms with Gasteiger partial charge in [-0.1, -0.05) is 6.07 Å². The molecule has 1 aromatic carbocycles. The molecule has 0 saturated heterocycles. The van der Waals surface area contributed by atoms with Gasteiger partial charge in [0.05, 0.1) is 4.47 Å². The second kappa shape index (κ2) is 4.67. The van der Waals surface area contributed by atoms with E-state index in [-0.39, 0.29) is 10.9 Å². The van der Waals surface area contributed by atoms with Gasteiger partial charge < -0.3 is 10.8 Å². The average Bonchev–Trinajstić information content (AvgIpc) is 2.18. The molecule has 0 heterocycles. The SMILES string of the molecule is NC(Cc1ccc(F)c(F)c1Br)C(=O)O. The lowest BCUT2D eigenvalue weighted by atomic mass is 10.1. The van der Waals surface area contributed by atoms with Crippen molar-refractivity contribution >= 4 is 21.9 Å². The number of carboxylic acids is 1. The van der Waals surface area contributed by atoms with E-state index in [1.54, 1.807) is 0 Å². The molecular weight excluding hydrogens is 272 g/mol. The first kappa shape index (κ1) is 12.1. The maximum atomic E-state index is 13.0. The zero-order valence-electron chi connectivity index (χ0n) is 7.51. The molecule has 0 saturated carbocycles. The van der Waals surface area contributed by atoms with Gasteiger partial charge in [-0.3, -0.25) is 4.79 Å². The monoisotopic (exact) mass is 279 g/mol. The minimum Gasteiger partial charge on any atom is -0.480 e. The van der Waals surface area contributed by atoms with Crippen molar-refractivity contribution in [1.82, 2.24) is 0 Å². The van der Waals surface area contributed by atoms with Gasteiger partial charge in [0.2, 0.25) is 0 Å². The highest BCUT2D eigenvalue weighted by Crippen LogP contribution is 2.23. The Kier molecular flexibility index (Phi) is 3.76. The Morgan fingerprint density at radius 1 is 1.53 bits per heavy atom. The van der Waals surface area contributed by atoms with Gasteiger partial charge >= 0.3 is 5.97 Å². The first-order valence-corrected chi connectivity index (χ1v) is 4.83. The number of carbonyl (C=O) groups is 1. The fourth-order valence-electron chi connectivity index (χ4n) is 1.05. The van der Waals surface area contributed by atoms with Crippen LogP contribution >= 0.6 is 15.9 Å². The van der Waals surface area contributed by atoms with Crippen LogP contribution in [0.15, 0.2) is 16.6 Å². The zero-order valence-corrected chi connectivity index (χ0v) is 9.09. The maximum absolute atomic E-state index is 13.0. The molecule has 0 radical (unpaired) electrons. The van der Waals surface area contributed by atoms with Crippen molar-refractivity contribution in [3.63, 3.8) is 0 Å². The van der Waals surface area contributed by atoms with Crippen LogP contribution in [-0.4, -0.2) is 17.1 Å². The van der Waals surface area contributed by atoms with Gasteiger partial charge in [0.25, 0.3) is 0 Å². The number of carboxylic acid groups (broad SMARTS) is 1. The summed E-state index contributed by atoms with van der Waals surface area (Å²) in [4.78, 5) is 10.5. The van der Waals surface area contributed by atoms with E-state index >= 15 is 0 Å². The van der Waals surface area contributed by atoms with Crippen molar-refractivity contribution in [2.45, 2.75) is 12.5 Å². The number of hydrogen-bond acceptors (Lipinski definition) is 2. The standard InChI is InChI=1S/C9H8BrF2NO2/c10-7-4(3-6(13)9(14)15)1-2-5(11)8(7)12/h1-2,6H,3,13H2,(H,14,15). The summed E-state index contributed by atoms with van der Waals surface area (Å²) in [6.07, 6.45) is -0.0624. The van der Waals surface area contributed by atoms with E-state index in [2.05, 4.69) is 15.9 Å². The van der Waals surface area contributed by atoms with Crippen molar-refractivity contribution in [1.29, 1.82) is 0 Å². The molecule has 0 aliphatic heterocycles. The van der Waals surface area contributed by atoms with Crippen molar-refractivity contribution < 1.29 is 18.7 Å². The van der Waals surface area contributed by atoms with Crippen LogP contribution in [0.25, 0.3) is 0 Å². The van der Waals surface area contributed by atoms with E-state index in [4.69, 9.17) is 10.8 Å². The fourth-order valence-corrected chi connectivity index (χ4v) is 1.53. The second-order valence-electron chi connectivity index (χ2n) is 2.98. The van der Waals surface area contributed by atoms with Gasteiger partial charge in [0, 0.05) is 0 Å². The van der Waals surface area contributed by atoms with Crippen molar-refractivity contribution in [2.75, 3.05) is 0 Å². The molecule has 15 heavy (non-hydrogen) atoms. The van der Waals surface area contributed by atoms with Crippen LogP contribution in [0.1, 0.15) is 5.56 Å². The first-order chi connectivity index (χ1) is 6.93. The molecule has 1 aromatic rings. The Balaban J connectivity index is 2.97. The van der Waals surface area contributed by atoms with E-state index in [0.717, 1.165) is 6.07 Å². The highest BCUT2D eigenvalue weighted by atomic mass is 79.9. The molecule has 1 atom stereocenters. The summed E-state index contributed by atoms with van der Waals surface area (Å²) < 4.78 is 25.7.